The zero-order chi connectivity index (χ0) is 18.2. The van der Waals surface area contributed by atoms with Gasteiger partial charge in [0.05, 0.1) is 17.9 Å². The Bertz CT molecular complexity index is 641. The Labute approximate surface area is 150 Å². The van der Waals surface area contributed by atoms with Gasteiger partial charge in [0, 0.05) is 30.5 Å². The van der Waals surface area contributed by atoms with E-state index in [0.29, 0.717) is 12.5 Å². The first-order valence-electron chi connectivity index (χ1n) is 9.25. The van der Waals surface area contributed by atoms with Crippen LogP contribution in [0.25, 0.3) is 0 Å². The molecule has 6 nitrogen and oxygen atoms in total. The molecule has 2 aliphatic rings. The summed E-state index contributed by atoms with van der Waals surface area (Å²) >= 11 is 0. The first-order valence-corrected chi connectivity index (χ1v) is 9.25. The average Bonchev–Trinajstić information content (AvgIpc) is 2.51. The van der Waals surface area contributed by atoms with E-state index in [-0.39, 0.29) is 12.1 Å². The molecule has 1 amide bonds. The molecule has 0 aliphatic carbocycles. The summed E-state index contributed by atoms with van der Waals surface area (Å²) in [7, 11) is 2.16. The maximum absolute atomic E-state index is 12.6. The van der Waals surface area contributed by atoms with Crippen molar-refractivity contribution in [2.75, 3.05) is 20.1 Å². The van der Waals surface area contributed by atoms with Crippen molar-refractivity contribution in [3.63, 3.8) is 0 Å². The normalized spacial score (nSPS) is 24.8. The molecule has 1 saturated heterocycles. The molecule has 3 heterocycles. The van der Waals surface area contributed by atoms with E-state index in [4.69, 9.17) is 4.74 Å². The second-order valence-electron chi connectivity index (χ2n) is 8.45. The van der Waals surface area contributed by atoms with Gasteiger partial charge in [-0.15, -0.1) is 0 Å². The van der Waals surface area contributed by atoms with Crippen LogP contribution in [0.2, 0.25) is 0 Å². The minimum atomic E-state index is -0.487. The lowest BCUT2D eigenvalue weighted by Crippen LogP contribution is -2.46. The van der Waals surface area contributed by atoms with Crippen molar-refractivity contribution in [3.8, 4) is 0 Å². The molecule has 0 saturated carbocycles. The van der Waals surface area contributed by atoms with Crippen molar-refractivity contribution in [1.29, 1.82) is 0 Å². The molecule has 0 spiro atoms. The summed E-state index contributed by atoms with van der Waals surface area (Å²) in [5, 5.41) is 0. The van der Waals surface area contributed by atoms with Crippen molar-refractivity contribution in [2.24, 2.45) is 0 Å². The number of likely N-dealkylation sites (N-methyl/N-ethyl adjacent to an activating group) is 1. The first-order chi connectivity index (χ1) is 11.7. The highest BCUT2D eigenvalue weighted by Crippen LogP contribution is 2.32. The highest BCUT2D eigenvalue weighted by molar-refractivity contribution is 5.69. The fourth-order valence-electron chi connectivity index (χ4n) is 3.84. The number of rotatable bonds is 1. The Morgan fingerprint density at radius 3 is 2.76 bits per heavy atom. The minimum Gasteiger partial charge on any atom is -0.444 e. The molecule has 0 radical (unpaired) electrons. The Balaban J connectivity index is 1.86. The molecule has 3 rings (SSSR count). The second-order valence-corrected chi connectivity index (χ2v) is 8.45. The molecule has 1 aromatic heterocycles. The largest absolute Gasteiger partial charge is 0.444 e. The second kappa shape index (κ2) is 6.90. The van der Waals surface area contributed by atoms with Crippen LogP contribution < -0.4 is 0 Å². The van der Waals surface area contributed by atoms with Gasteiger partial charge in [0.15, 0.2) is 0 Å². The molecule has 0 bridgehead atoms. The maximum atomic E-state index is 12.6. The lowest BCUT2D eigenvalue weighted by Gasteiger charge is -2.37. The molecule has 1 fully saturated rings. The van der Waals surface area contributed by atoms with Crippen LogP contribution in [0, 0.1) is 0 Å². The molecule has 0 N–H and O–H groups in total. The maximum Gasteiger partial charge on any atom is 0.410 e. The molecule has 2 aliphatic heterocycles. The van der Waals surface area contributed by atoms with Gasteiger partial charge in [0.2, 0.25) is 0 Å². The number of hydrogen-bond acceptors (Lipinski definition) is 5. The van der Waals surface area contributed by atoms with Crippen LogP contribution in [0.1, 0.15) is 63.4 Å². The van der Waals surface area contributed by atoms with Crippen LogP contribution in [0.15, 0.2) is 6.33 Å². The van der Waals surface area contributed by atoms with Crippen LogP contribution >= 0.6 is 0 Å². The summed E-state index contributed by atoms with van der Waals surface area (Å²) in [5.41, 5.74) is 2.86. The molecule has 2 atom stereocenters. The fraction of sp³-hybridized carbons (Fsp3) is 0.737. The van der Waals surface area contributed by atoms with E-state index in [1.54, 1.807) is 6.33 Å². The van der Waals surface area contributed by atoms with E-state index in [0.717, 1.165) is 42.9 Å². The molecule has 6 heteroatoms. The monoisotopic (exact) mass is 346 g/mol. The minimum absolute atomic E-state index is 0.0825. The number of ether oxygens (including phenoxy) is 1. The van der Waals surface area contributed by atoms with Gasteiger partial charge >= 0.3 is 6.09 Å². The number of nitrogens with zero attached hydrogens (tertiary/aromatic N) is 4. The van der Waals surface area contributed by atoms with Crippen molar-refractivity contribution in [1.82, 2.24) is 19.8 Å². The van der Waals surface area contributed by atoms with E-state index >= 15 is 0 Å². The lowest BCUT2D eigenvalue weighted by atomic mass is 9.88. The SMILES string of the molecule is C[C@@H]1Cc2ncnc(C3CCCN(C)C3)c2CN1C(=O)OC(C)(C)C. The summed E-state index contributed by atoms with van der Waals surface area (Å²) in [5.74, 6) is 0.421. The van der Waals surface area contributed by atoms with E-state index in [9.17, 15) is 4.79 Å². The van der Waals surface area contributed by atoms with Crippen LogP contribution in [-0.4, -0.2) is 57.6 Å². The Morgan fingerprint density at radius 2 is 2.08 bits per heavy atom. The van der Waals surface area contributed by atoms with Crippen LogP contribution in [0.3, 0.4) is 0 Å². The molecule has 0 aromatic carbocycles. The van der Waals surface area contributed by atoms with Crippen LogP contribution in [-0.2, 0) is 17.7 Å². The summed E-state index contributed by atoms with van der Waals surface area (Å²) in [6, 6.07) is 0.0825. The Morgan fingerprint density at radius 1 is 1.32 bits per heavy atom. The van der Waals surface area contributed by atoms with Gasteiger partial charge in [0.25, 0.3) is 0 Å². The molecule has 1 unspecified atom stereocenters. The molecule has 25 heavy (non-hydrogen) atoms. The predicted molar refractivity (Wildman–Crippen MR) is 96.4 cm³/mol. The van der Waals surface area contributed by atoms with E-state index in [1.165, 1.54) is 6.42 Å². The number of aromatic nitrogens is 2. The van der Waals surface area contributed by atoms with Crippen molar-refractivity contribution < 1.29 is 9.53 Å². The zero-order valence-corrected chi connectivity index (χ0v) is 16.1. The third-order valence-corrected chi connectivity index (χ3v) is 5.06. The van der Waals surface area contributed by atoms with Crippen molar-refractivity contribution >= 4 is 6.09 Å². The molecular formula is C19H30N4O2. The number of carbonyl (C=O) groups is 1. The average molecular weight is 346 g/mol. The van der Waals surface area contributed by atoms with Gasteiger partial charge in [-0.3, -0.25) is 0 Å². The van der Waals surface area contributed by atoms with Gasteiger partial charge in [-0.25, -0.2) is 14.8 Å². The number of hydrogen-bond donors (Lipinski definition) is 0. The predicted octanol–water partition coefficient (Wildman–Crippen LogP) is 2.97. The Hall–Kier alpha value is -1.69. The third kappa shape index (κ3) is 4.11. The van der Waals surface area contributed by atoms with E-state index < -0.39 is 5.60 Å². The Kier molecular flexibility index (Phi) is 5.00. The number of carbonyl (C=O) groups excluding carboxylic acids is 1. The molecule has 1 aromatic rings. The van der Waals surface area contributed by atoms with E-state index in [2.05, 4.69) is 28.8 Å². The molecule has 138 valence electrons. The fourth-order valence-corrected chi connectivity index (χ4v) is 3.84. The highest BCUT2D eigenvalue weighted by Gasteiger charge is 2.34. The first kappa shape index (κ1) is 18.1. The standard InChI is InChI=1S/C19H30N4O2/c1-13-9-16-15(11-23(13)18(24)25-19(2,3)4)17(21-12-20-16)14-7-6-8-22(5)10-14/h12-14H,6-11H2,1-5H3/t13-,14?/m1/s1. The summed E-state index contributed by atoms with van der Waals surface area (Å²) in [6.07, 6.45) is 4.54. The van der Waals surface area contributed by atoms with Gasteiger partial charge in [0.1, 0.15) is 11.9 Å². The third-order valence-electron chi connectivity index (χ3n) is 5.06. The smallest absolute Gasteiger partial charge is 0.410 e. The summed E-state index contributed by atoms with van der Waals surface area (Å²) < 4.78 is 5.60. The van der Waals surface area contributed by atoms with Crippen LogP contribution in [0.5, 0.6) is 0 Å². The highest BCUT2D eigenvalue weighted by atomic mass is 16.6. The number of fused-ring (bicyclic) bond motifs is 1. The summed E-state index contributed by atoms with van der Waals surface area (Å²) in [4.78, 5) is 26.0. The van der Waals surface area contributed by atoms with Gasteiger partial charge in [-0.2, -0.15) is 0 Å². The van der Waals surface area contributed by atoms with Crippen molar-refractivity contribution in [3.05, 3.63) is 23.3 Å². The number of amides is 1. The topological polar surface area (TPSA) is 58.6 Å². The quantitative estimate of drug-likeness (QED) is 0.782. The lowest BCUT2D eigenvalue weighted by molar-refractivity contribution is 0.0134. The van der Waals surface area contributed by atoms with E-state index in [1.807, 2.05) is 25.7 Å². The molecular weight excluding hydrogens is 316 g/mol. The van der Waals surface area contributed by atoms with Gasteiger partial charge < -0.3 is 14.5 Å². The number of likely N-dealkylation sites (tertiary alicyclic amines) is 1. The summed E-state index contributed by atoms with van der Waals surface area (Å²) in [6.45, 7) is 10.5. The van der Waals surface area contributed by atoms with Crippen molar-refractivity contribution in [2.45, 2.75) is 71.1 Å². The zero-order valence-electron chi connectivity index (χ0n) is 16.1. The van der Waals surface area contributed by atoms with Gasteiger partial charge in [-0.1, -0.05) is 0 Å². The van der Waals surface area contributed by atoms with Crippen LogP contribution in [0.4, 0.5) is 4.79 Å². The van der Waals surface area contributed by atoms with Gasteiger partial charge in [-0.05, 0) is 54.1 Å². The number of piperidine rings is 1.